The standard InChI is InChI=1S/C18H27N3OS.HI/c1-4-19-17(21-7-8-23-18(2,3)13-21)20-10-14-5-6-15-11-22-12-16(15)9-14;/h5-6,9H,4,7-8,10-13H2,1-3H3,(H,19,20);1H. The summed E-state index contributed by atoms with van der Waals surface area (Å²) >= 11 is 2.05. The first-order chi connectivity index (χ1) is 11.1. The second-order valence-electron chi connectivity index (χ2n) is 6.80. The number of aliphatic imine (C=N–C) groups is 1. The second-order valence-corrected chi connectivity index (χ2v) is 8.60. The number of fused-ring (bicyclic) bond motifs is 1. The van der Waals surface area contributed by atoms with E-state index in [1.807, 2.05) is 11.8 Å². The zero-order chi connectivity index (χ0) is 16.3. The first kappa shape index (κ1) is 19.8. The average Bonchev–Trinajstić information content (AvgIpc) is 2.98. The molecule has 0 atom stereocenters. The van der Waals surface area contributed by atoms with Gasteiger partial charge in [-0.2, -0.15) is 11.8 Å². The molecule has 2 aliphatic rings. The fraction of sp³-hybridized carbons (Fsp3) is 0.611. The lowest BCUT2D eigenvalue weighted by molar-refractivity contribution is 0.134. The van der Waals surface area contributed by atoms with Crippen LogP contribution < -0.4 is 5.32 Å². The summed E-state index contributed by atoms with van der Waals surface area (Å²) in [6.07, 6.45) is 0. The highest BCUT2D eigenvalue weighted by Gasteiger charge is 2.28. The van der Waals surface area contributed by atoms with Crippen molar-refractivity contribution in [2.45, 2.75) is 45.3 Å². The van der Waals surface area contributed by atoms with Gasteiger partial charge in [-0.05, 0) is 37.5 Å². The smallest absolute Gasteiger partial charge is 0.194 e. The molecule has 0 aromatic heterocycles. The van der Waals surface area contributed by atoms with Crippen molar-refractivity contribution < 1.29 is 4.74 Å². The minimum atomic E-state index is 0. The zero-order valence-corrected chi connectivity index (χ0v) is 17.9. The maximum atomic E-state index is 5.49. The van der Waals surface area contributed by atoms with Crippen molar-refractivity contribution in [2.24, 2.45) is 4.99 Å². The molecule has 0 radical (unpaired) electrons. The molecule has 3 rings (SSSR count). The molecule has 2 heterocycles. The van der Waals surface area contributed by atoms with Crippen LogP contribution in [0.5, 0.6) is 0 Å². The minimum Gasteiger partial charge on any atom is -0.372 e. The van der Waals surface area contributed by atoms with Crippen LogP contribution in [0.3, 0.4) is 0 Å². The Hall–Kier alpha value is -0.470. The van der Waals surface area contributed by atoms with Crippen LogP contribution in [-0.4, -0.2) is 41.0 Å². The molecule has 1 aromatic carbocycles. The van der Waals surface area contributed by atoms with Gasteiger partial charge in [-0.3, -0.25) is 0 Å². The maximum Gasteiger partial charge on any atom is 0.194 e. The first-order valence-corrected chi connectivity index (χ1v) is 9.41. The topological polar surface area (TPSA) is 36.9 Å². The van der Waals surface area contributed by atoms with Gasteiger partial charge in [0, 0.05) is 30.1 Å². The van der Waals surface area contributed by atoms with Crippen LogP contribution in [0.25, 0.3) is 0 Å². The highest BCUT2D eigenvalue weighted by molar-refractivity contribution is 14.0. The van der Waals surface area contributed by atoms with Gasteiger partial charge < -0.3 is 15.0 Å². The van der Waals surface area contributed by atoms with E-state index in [1.54, 1.807) is 0 Å². The van der Waals surface area contributed by atoms with E-state index in [-0.39, 0.29) is 24.0 Å². The lowest BCUT2D eigenvalue weighted by Crippen LogP contribution is -2.50. The number of benzene rings is 1. The van der Waals surface area contributed by atoms with E-state index in [9.17, 15) is 0 Å². The molecule has 0 amide bonds. The van der Waals surface area contributed by atoms with Crippen LogP contribution in [0, 0.1) is 0 Å². The van der Waals surface area contributed by atoms with Gasteiger partial charge in [-0.15, -0.1) is 24.0 Å². The van der Waals surface area contributed by atoms with Crippen molar-refractivity contribution in [2.75, 3.05) is 25.4 Å². The van der Waals surface area contributed by atoms with Gasteiger partial charge in [0.15, 0.2) is 5.96 Å². The van der Waals surface area contributed by atoms with Crippen molar-refractivity contribution >= 4 is 41.7 Å². The molecule has 0 aliphatic carbocycles. The third kappa shape index (κ3) is 5.02. The number of rotatable bonds is 3. The molecular formula is C18H28IN3OS. The number of halogens is 1. The largest absolute Gasteiger partial charge is 0.372 e. The number of guanidine groups is 1. The van der Waals surface area contributed by atoms with Crippen molar-refractivity contribution in [3.63, 3.8) is 0 Å². The summed E-state index contributed by atoms with van der Waals surface area (Å²) in [5, 5.41) is 3.45. The maximum absolute atomic E-state index is 5.49. The van der Waals surface area contributed by atoms with Crippen molar-refractivity contribution in [3.8, 4) is 0 Å². The molecule has 134 valence electrons. The normalized spacial score (nSPS) is 19.6. The molecule has 0 spiro atoms. The molecule has 0 saturated carbocycles. The molecule has 2 aliphatic heterocycles. The number of nitrogens with one attached hydrogen (secondary N) is 1. The molecule has 4 nitrogen and oxygen atoms in total. The van der Waals surface area contributed by atoms with E-state index in [4.69, 9.17) is 9.73 Å². The van der Waals surface area contributed by atoms with Gasteiger partial charge >= 0.3 is 0 Å². The van der Waals surface area contributed by atoms with Crippen LogP contribution in [0.2, 0.25) is 0 Å². The van der Waals surface area contributed by atoms with Crippen molar-refractivity contribution in [3.05, 3.63) is 34.9 Å². The molecular weight excluding hydrogens is 433 g/mol. The highest BCUT2D eigenvalue weighted by atomic mass is 127. The summed E-state index contributed by atoms with van der Waals surface area (Å²) < 4.78 is 5.78. The van der Waals surface area contributed by atoms with Gasteiger partial charge in [-0.1, -0.05) is 18.2 Å². The van der Waals surface area contributed by atoms with Crippen LogP contribution in [0.4, 0.5) is 0 Å². The number of nitrogens with zero attached hydrogens (tertiary/aromatic N) is 2. The Morgan fingerprint density at radius 2 is 2.12 bits per heavy atom. The highest BCUT2D eigenvalue weighted by Crippen LogP contribution is 2.29. The number of hydrogen-bond donors (Lipinski definition) is 1. The number of thioether (sulfide) groups is 1. The van der Waals surface area contributed by atoms with Gasteiger partial charge in [0.05, 0.1) is 19.8 Å². The SMILES string of the molecule is CCNC(=NCc1ccc2c(c1)COC2)N1CCSC(C)(C)C1.I. The molecule has 1 N–H and O–H groups in total. The van der Waals surface area contributed by atoms with Crippen LogP contribution in [0.15, 0.2) is 23.2 Å². The molecule has 24 heavy (non-hydrogen) atoms. The number of ether oxygens (including phenoxy) is 1. The Kier molecular flexibility index (Phi) is 7.24. The van der Waals surface area contributed by atoms with Crippen molar-refractivity contribution in [1.29, 1.82) is 0 Å². The molecule has 1 aromatic rings. The Labute approximate surface area is 166 Å². The molecule has 0 unspecified atom stereocenters. The monoisotopic (exact) mass is 461 g/mol. The lowest BCUT2D eigenvalue weighted by atomic mass is 10.1. The van der Waals surface area contributed by atoms with E-state index in [0.717, 1.165) is 51.1 Å². The first-order valence-electron chi connectivity index (χ1n) is 8.43. The average molecular weight is 461 g/mol. The lowest BCUT2D eigenvalue weighted by Gasteiger charge is -2.39. The van der Waals surface area contributed by atoms with Gasteiger partial charge in [0.2, 0.25) is 0 Å². The summed E-state index contributed by atoms with van der Waals surface area (Å²) in [5.41, 5.74) is 3.90. The molecule has 0 bridgehead atoms. The fourth-order valence-corrected chi connectivity index (χ4v) is 4.22. The molecule has 1 fully saturated rings. The molecule has 1 saturated heterocycles. The Balaban J connectivity index is 0.00000208. The third-order valence-corrected chi connectivity index (χ3v) is 5.55. The fourth-order valence-electron chi connectivity index (χ4n) is 3.11. The Bertz CT molecular complexity index is 592. The quantitative estimate of drug-likeness (QED) is 0.424. The van der Waals surface area contributed by atoms with E-state index in [2.05, 4.69) is 49.2 Å². The van der Waals surface area contributed by atoms with Gasteiger partial charge in [0.25, 0.3) is 0 Å². The number of hydrogen-bond acceptors (Lipinski definition) is 3. The summed E-state index contributed by atoms with van der Waals surface area (Å²) in [6, 6.07) is 6.60. The summed E-state index contributed by atoms with van der Waals surface area (Å²) in [6.45, 7) is 12.0. The zero-order valence-electron chi connectivity index (χ0n) is 14.8. The summed E-state index contributed by atoms with van der Waals surface area (Å²) in [7, 11) is 0. The predicted octanol–water partition coefficient (Wildman–Crippen LogP) is 3.63. The van der Waals surface area contributed by atoms with Crippen LogP contribution in [0.1, 0.15) is 37.5 Å². The Morgan fingerprint density at radius 3 is 2.88 bits per heavy atom. The van der Waals surface area contributed by atoms with Crippen LogP contribution in [-0.2, 0) is 24.5 Å². The predicted molar refractivity (Wildman–Crippen MR) is 113 cm³/mol. The minimum absolute atomic E-state index is 0. The van der Waals surface area contributed by atoms with E-state index >= 15 is 0 Å². The van der Waals surface area contributed by atoms with E-state index < -0.39 is 0 Å². The van der Waals surface area contributed by atoms with Crippen molar-refractivity contribution in [1.82, 2.24) is 10.2 Å². The molecule has 6 heteroatoms. The Morgan fingerprint density at radius 1 is 1.33 bits per heavy atom. The van der Waals surface area contributed by atoms with E-state index in [0.29, 0.717) is 4.75 Å². The third-order valence-electron chi connectivity index (χ3n) is 4.26. The second kappa shape index (κ2) is 8.76. The summed E-state index contributed by atoms with van der Waals surface area (Å²) in [4.78, 5) is 7.28. The van der Waals surface area contributed by atoms with E-state index in [1.165, 1.54) is 16.7 Å². The van der Waals surface area contributed by atoms with Crippen LogP contribution >= 0.6 is 35.7 Å². The summed E-state index contributed by atoms with van der Waals surface area (Å²) in [5.74, 6) is 2.20. The van der Waals surface area contributed by atoms with Gasteiger partial charge in [-0.25, -0.2) is 4.99 Å². The van der Waals surface area contributed by atoms with Gasteiger partial charge in [0.1, 0.15) is 0 Å².